The minimum Gasteiger partial charge on any atom is -0.381 e. The number of hydrogen-bond donors (Lipinski definition) is 1. The number of amides is 1. The van der Waals surface area contributed by atoms with Gasteiger partial charge in [0.15, 0.2) is 0 Å². The molecule has 1 fully saturated rings. The summed E-state index contributed by atoms with van der Waals surface area (Å²) < 4.78 is 5.43. The van der Waals surface area contributed by atoms with Crippen LogP contribution in [0.3, 0.4) is 0 Å². The van der Waals surface area contributed by atoms with Gasteiger partial charge in [-0.15, -0.1) is 0 Å². The van der Waals surface area contributed by atoms with Crippen molar-refractivity contribution in [3.63, 3.8) is 0 Å². The van der Waals surface area contributed by atoms with Crippen LogP contribution in [-0.2, 0) is 4.74 Å². The molecule has 0 aromatic carbocycles. The van der Waals surface area contributed by atoms with Gasteiger partial charge in [0, 0.05) is 31.8 Å². The molecule has 0 spiro atoms. The summed E-state index contributed by atoms with van der Waals surface area (Å²) in [5.41, 5.74) is 1.46. The van der Waals surface area contributed by atoms with E-state index in [1.54, 1.807) is 24.5 Å². The van der Waals surface area contributed by atoms with Crippen molar-refractivity contribution in [3.05, 3.63) is 60.2 Å². The number of pyridine rings is 2. The lowest BCUT2D eigenvalue weighted by molar-refractivity contribution is 0.0513. The monoisotopic (exact) mass is 297 g/mol. The number of aromatic nitrogens is 2. The Balaban J connectivity index is 1.81. The second kappa shape index (κ2) is 7.13. The molecule has 114 valence electrons. The van der Waals surface area contributed by atoms with E-state index in [0.29, 0.717) is 11.6 Å². The molecule has 0 bridgehead atoms. The maximum absolute atomic E-state index is 12.4. The van der Waals surface area contributed by atoms with Crippen molar-refractivity contribution in [2.45, 2.75) is 18.9 Å². The van der Waals surface area contributed by atoms with Crippen LogP contribution in [0.25, 0.3) is 0 Å². The third-order valence-electron chi connectivity index (χ3n) is 3.97. The van der Waals surface area contributed by atoms with Crippen molar-refractivity contribution in [1.82, 2.24) is 15.3 Å². The second-order valence-electron chi connectivity index (χ2n) is 5.40. The third-order valence-corrected chi connectivity index (χ3v) is 3.97. The summed E-state index contributed by atoms with van der Waals surface area (Å²) in [5, 5.41) is 3.12. The maximum atomic E-state index is 12.4. The van der Waals surface area contributed by atoms with Crippen molar-refractivity contribution >= 4 is 5.91 Å². The van der Waals surface area contributed by atoms with E-state index < -0.39 is 0 Å². The second-order valence-corrected chi connectivity index (χ2v) is 5.40. The van der Waals surface area contributed by atoms with Gasteiger partial charge in [-0.1, -0.05) is 12.1 Å². The number of carbonyl (C=O) groups is 1. The summed E-state index contributed by atoms with van der Waals surface area (Å²) in [4.78, 5) is 20.7. The van der Waals surface area contributed by atoms with Gasteiger partial charge in [-0.25, -0.2) is 0 Å². The van der Waals surface area contributed by atoms with Gasteiger partial charge < -0.3 is 10.1 Å². The summed E-state index contributed by atoms with van der Waals surface area (Å²) in [6.07, 6.45) is 7.05. The number of nitrogens with zero attached hydrogens (tertiary/aromatic N) is 2. The number of nitrogens with one attached hydrogen (secondary N) is 1. The van der Waals surface area contributed by atoms with Crippen molar-refractivity contribution in [2.75, 3.05) is 13.2 Å². The Hall–Kier alpha value is -2.27. The lowest BCUT2D eigenvalue weighted by Crippen LogP contribution is -2.36. The van der Waals surface area contributed by atoms with Gasteiger partial charge in [0.1, 0.15) is 5.69 Å². The van der Waals surface area contributed by atoms with Crippen LogP contribution in [0.5, 0.6) is 0 Å². The molecular formula is C17H19N3O2. The van der Waals surface area contributed by atoms with Crippen LogP contribution in [0, 0.1) is 5.92 Å². The first-order valence-corrected chi connectivity index (χ1v) is 7.54. The van der Waals surface area contributed by atoms with E-state index in [0.717, 1.165) is 31.6 Å². The van der Waals surface area contributed by atoms with Gasteiger partial charge in [-0.05, 0) is 42.5 Å². The minimum absolute atomic E-state index is 0.0629. The molecule has 1 atom stereocenters. The van der Waals surface area contributed by atoms with Crippen LogP contribution in [-0.4, -0.2) is 29.1 Å². The van der Waals surface area contributed by atoms with Gasteiger partial charge in [0.05, 0.1) is 6.04 Å². The van der Waals surface area contributed by atoms with E-state index in [1.807, 2.05) is 24.4 Å². The fourth-order valence-corrected chi connectivity index (χ4v) is 2.79. The van der Waals surface area contributed by atoms with Crippen LogP contribution in [0.1, 0.15) is 34.9 Å². The van der Waals surface area contributed by atoms with Crippen LogP contribution in [0.15, 0.2) is 48.9 Å². The molecule has 1 aliphatic rings. The molecule has 0 saturated carbocycles. The Kier molecular flexibility index (Phi) is 4.75. The first kappa shape index (κ1) is 14.7. The number of rotatable bonds is 4. The van der Waals surface area contributed by atoms with Gasteiger partial charge in [0.25, 0.3) is 5.91 Å². The lowest BCUT2D eigenvalue weighted by atomic mass is 9.87. The van der Waals surface area contributed by atoms with E-state index in [2.05, 4.69) is 15.3 Å². The molecule has 5 nitrogen and oxygen atoms in total. The summed E-state index contributed by atoms with van der Waals surface area (Å²) in [7, 11) is 0. The standard InChI is InChI=1S/C17H19N3O2/c21-17(15-5-1-2-9-19-15)20-16(13-6-10-22-11-7-13)14-4-3-8-18-12-14/h1-5,8-9,12-13,16H,6-7,10-11H2,(H,20,21)/t16-/m0/s1. The molecule has 3 rings (SSSR count). The zero-order valence-corrected chi connectivity index (χ0v) is 12.3. The molecule has 0 aliphatic carbocycles. The molecular weight excluding hydrogens is 278 g/mol. The van der Waals surface area contributed by atoms with E-state index in [1.165, 1.54) is 0 Å². The van der Waals surface area contributed by atoms with Crippen molar-refractivity contribution < 1.29 is 9.53 Å². The highest BCUT2D eigenvalue weighted by Gasteiger charge is 2.27. The smallest absolute Gasteiger partial charge is 0.270 e. The summed E-state index contributed by atoms with van der Waals surface area (Å²) >= 11 is 0. The van der Waals surface area contributed by atoms with Crippen LogP contribution in [0.2, 0.25) is 0 Å². The van der Waals surface area contributed by atoms with E-state index in [9.17, 15) is 4.79 Å². The van der Waals surface area contributed by atoms with Gasteiger partial charge in [-0.2, -0.15) is 0 Å². The zero-order valence-electron chi connectivity index (χ0n) is 12.3. The maximum Gasteiger partial charge on any atom is 0.270 e. The SMILES string of the molecule is O=C(N[C@H](c1cccnc1)C1CCOCC1)c1ccccn1. The topological polar surface area (TPSA) is 64.1 Å². The minimum atomic E-state index is -0.152. The molecule has 3 heterocycles. The zero-order chi connectivity index (χ0) is 15.2. The molecule has 22 heavy (non-hydrogen) atoms. The molecule has 0 radical (unpaired) electrons. The third kappa shape index (κ3) is 3.49. The summed E-state index contributed by atoms with van der Waals surface area (Å²) in [6, 6.07) is 9.18. The molecule has 1 saturated heterocycles. The number of carbonyl (C=O) groups excluding carboxylic acids is 1. The van der Waals surface area contributed by atoms with Crippen LogP contribution >= 0.6 is 0 Å². The fourth-order valence-electron chi connectivity index (χ4n) is 2.79. The Labute approximate surface area is 129 Å². The van der Waals surface area contributed by atoms with Crippen LogP contribution < -0.4 is 5.32 Å². The predicted molar refractivity (Wildman–Crippen MR) is 82.2 cm³/mol. The predicted octanol–water partition coefficient (Wildman–Crippen LogP) is 2.37. The Morgan fingerprint density at radius 3 is 2.73 bits per heavy atom. The Bertz CT molecular complexity index is 598. The molecule has 1 N–H and O–H groups in total. The van der Waals surface area contributed by atoms with E-state index in [4.69, 9.17) is 4.74 Å². The first-order chi connectivity index (χ1) is 10.8. The first-order valence-electron chi connectivity index (χ1n) is 7.54. The van der Waals surface area contributed by atoms with Crippen molar-refractivity contribution in [2.24, 2.45) is 5.92 Å². The fraction of sp³-hybridized carbons (Fsp3) is 0.353. The molecule has 2 aromatic heterocycles. The van der Waals surface area contributed by atoms with Gasteiger partial charge in [-0.3, -0.25) is 14.8 Å². The highest BCUT2D eigenvalue weighted by molar-refractivity contribution is 5.92. The van der Waals surface area contributed by atoms with Crippen molar-refractivity contribution in [3.8, 4) is 0 Å². The highest BCUT2D eigenvalue weighted by atomic mass is 16.5. The molecule has 0 unspecified atom stereocenters. The average molecular weight is 297 g/mol. The van der Waals surface area contributed by atoms with Crippen LogP contribution in [0.4, 0.5) is 0 Å². The van der Waals surface area contributed by atoms with Gasteiger partial charge >= 0.3 is 0 Å². The molecule has 5 heteroatoms. The summed E-state index contributed by atoms with van der Waals surface area (Å²) in [5.74, 6) is 0.201. The quantitative estimate of drug-likeness (QED) is 0.941. The largest absolute Gasteiger partial charge is 0.381 e. The van der Waals surface area contributed by atoms with E-state index >= 15 is 0 Å². The highest BCUT2D eigenvalue weighted by Crippen LogP contribution is 2.29. The molecule has 1 amide bonds. The number of hydrogen-bond acceptors (Lipinski definition) is 4. The Morgan fingerprint density at radius 1 is 1.18 bits per heavy atom. The normalized spacial score (nSPS) is 16.9. The van der Waals surface area contributed by atoms with E-state index in [-0.39, 0.29) is 11.9 Å². The average Bonchev–Trinajstić information content (AvgIpc) is 2.62. The lowest BCUT2D eigenvalue weighted by Gasteiger charge is -2.31. The molecule has 1 aliphatic heterocycles. The summed E-state index contributed by atoms with van der Waals surface area (Å²) in [6.45, 7) is 1.47. The molecule has 2 aromatic rings. The van der Waals surface area contributed by atoms with Gasteiger partial charge in [0.2, 0.25) is 0 Å². The van der Waals surface area contributed by atoms with Crippen molar-refractivity contribution in [1.29, 1.82) is 0 Å². The Morgan fingerprint density at radius 2 is 2.05 bits per heavy atom. The number of ether oxygens (including phenoxy) is 1.